The average molecular weight is 319 g/mol. The van der Waals surface area contributed by atoms with Crippen LogP contribution in [0, 0.1) is 6.92 Å². The topological polar surface area (TPSA) is 66.0 Å². The van der Waals surface area contributed by atoms with E-state index in [1.54, 1.807) is 23.6 Å². The molecular formula is C15H11ClN2O2S. The first-order chi connectivity index (χ1) is 10.0. The van der Waals surface area contributed by atoms with E-state index in [1.165, 1.54) is 11.3 Å². The van der Waals surface area contributed by atoms with Crippen LogP contribution in [-0.2, 0) is 0 Å². The number of aryl methyl sites for hydroxylation is 1. The Morgan fingerprint density at radius 3 is 2.57 bits per heavy atom. The van der Waals surface area contributed by atoms with E-state index in [-0.39, 0.29) is 17.0 Å². The highest BCUT2D eigenvalue weighted by Gasteiger charge is 2.14. The smallest absolute Gasteiger partial charge is 0.262 e. The van der Waals surface area contributed by atoms with Crippen molar-refractivity contribution < 1.29 is 5.11 Å². The third-order valence-electron chi connectivity index (χ3n) is 3.04. The maximum Gasteiger partial charge on any atom is 0.262 e. The summed E-state index contributed by atoms with van der Waals surface area (Å²) in [6.07, 6.45) is 0. The first kappa shape index (κ1) is 13.9. The maximum atomic E-state index is 12.2. The Labute approximate surface area is 129 Å². The van der Waals surface area contributed by atoms with E-state index in [0.717, 1.165) is 5.56 Å². The molecule has 4 nitrogen and oxygen atoms in total. The molecule has 21 heavy (non-hydrogen) atoms. The third-order valence-corrected chi connectivity index (χ3v) is 4.33. The first-order valence-corrected chi connectivity index (χ1v) is 7.45. The molecule has 0 spiro atoms. The van der Waals surface area contributed by atoms with E-state index in [4.69, 9.17) is 11.6 Å². The molecule has 2 aromatic heterocycles. The molecule has 0 bridgehead atoms. The molecule has 0 saturated heterocycles. The molecule has 2 heterocycles. The van der Waals surface area contributed by atoms with Gasteiger partial charge in [-0.2, -0.15) is 4.98 Å². The second-order valence-corrected chi connectivity index (χ2v) is 5.96. The number of thiophene rings is 1. The fourth-order valence-electron chi connectivity index (χ4n) is 2.00. The highest BCUT2D eigenvalue weighted by Crippen LogP contribution is 2.30. The lowest BCUT2D eigenvalue weighted by Gasteiger charge is -2.05. The number of nitrogens with zero attached hydrogens (tertiary/aromatic N) is 1. The molecule has 3 aromatic rings. The number of benzene rings is 1. The van der Waals surface area contributed by atoms with Crippen LogP contribution in [0.2, 0.25) is 5.02 Å². The van der Waals surface area contributed by atoms with Crippen molar-refractivity contribution in [2.24, 2.45) is 0 Å². The van der Waals surface area contributed by atoms with E-state index in [2.05, 4.69) is 9.97 Å². The number of hydrogen-bond donors (Lipinski definition) is 2. The van der Waals surface area contributed by atoms with Crippen LogP contribution in [0.1, 0.15) is 5.56 Å². The normalized spacial score (nSPS) is 10.8. The van der Waals surface area contributed by atoms with Gasteiger partial charge in [-0.05, 0) is 18.6 Å². The van der Waals surface area contributed by atoms with Gasteiger partial charge < -0.3 is 10.1 Å². The molecule has 0 radical (unpaired) electrons. The van der Waals surface area contributed by atoms with Gasteiger partial charge >= 0.3 is 0 Å². The number of aromatic hydroxyl groups is 1. The highest BCUT2D eigenvalue weighted by molar-refractivity contribution is 7.14. The number of aromatic nitrogens is 2. The number of halogens is 1. The van der Waals surface area contributed by atoms with Crippen molar-refractivity contribution >= 4 is 22.9 Å². The number of nitrogens with one attached hydrogen (secondary N) is 1. The lowest BCUT2D eigenvalue weighted by atomic mass is 10.1. The molecule has 0 fully saturated rings. The Kier molecular flexibility index (Phi) is 3.53. The maximum absolute atomic E-state index is 12.2. The van der Waals surface area contributed by atoms with Gasteiger partial charge in [-0.15, -0.1) is 11.3 Å². The molecule has 0 aliphatic carbocycles. The van der Waals surface area contributed by atoms with Crippen molar-refractivity contribution in [2.75, 3.05) is 0 Å². The minimum Gasteiger partial charge on any atom is -0.493 e. The van der Waals surface area contributed by atoms with Gasteiger partial charge in [0.15, 0.2) is 5.82 Å². The minimum absolute atomic E-state index is 0.168. The van der Waals surface area contributed by atoms with E-state index < -0.39 is 0 Å². The van der Waals surface area contributed by atoms with Crippen LogP contribution in [0.4, 0.5) is 0 Å². The van der Waals surface area contributed by atoms with Gasteiger partial charge in [0.1, 0.15) is 5.56 Å². The lowest BCUT2D eigenvalue weighted by molar-refractivity contribution is 0.454. The van der Waals surface area contributed by atoms with E-state index in [9.17, 15) is 9.90 Å². The largest absolute Gasteiger partial charge is 0.493 e. The van der Waals surface area contributed by atoms with Crippen molar-refractivity contribution in [1.82, 2.24) is 9.97 Å². The number of rotatable bonds is 2. The van der Waals surface area contributed by atoms with Gasteiger partial charge in [0, 0.05) is 5.38 Å². The lowest BCUT2D eigenvalue weighted by Crippen LogP contribution is -2.11. The number of hydrogen-bond acceptors (Lipinski definition) is 4. The summed E-state index contributed by atoms with van der Waals surface area (Å²) in [5, 5.41) is 12.4. The van der Waals surface area contributed by atoms with Crippen molar-refractivity contribution in [3.63, 3.8) is 0 Å². The number of aromatic amines is 1. The van der Waals surface area contributed by atoms with Gasteiger partial charge in [0.2, 0.25) is 5.88 Å². The van der Waals surface area contributed by atoms with Gasteiger partial charge in [-0.25, -0.2) is 0 Å². The van der Waals surface area contributed by atoms with Crippen molar-refractivity contribution in [2.45, 2.75) is 6.92 Å². The van der Waals surface area contributed by atoms with E-state index in [1.807, 2.05) is 19.1 Å². The average Bonchev–Trinajstić information content (AvgIpc) is 2.87. The van der Waals surface area contributed by atoms with Gasteiger partial charge in [0.25, 0.3) is 5.56 Å². The first-order valence-electron chi connectivity index (χ1n) is 6.19. The predicted octanol–water partition coefficient (Wildman–Crippen LogP) is 3.83. The minimum atomic E-state index is -0.383. The molecular weight excluding hydrogens is 308 g/mol. The molecule has 106 valence electrons. The molecule has 6 heteroatoms. The highest BCUT2D eigenvalue weighted by atomic mass is 35.5. The predicted molar refractivity (Wildman–Crippen MR) is 85.0 cm³/mol. The molecule has 0 aliphatic heterocycles. The second-order valence-electron chi connectivity index (χ2n) is 4.61. The molecule has 3 rings (SSSR count). The Hall–Kier alpha value is -2.11. The summed E-state index contributed by atoms with van der Waals surface area (Å²) in [6.45, 7) is 1.95. The molecule has 0 saturated carbocycles. The summed E-state index contributed by atoms with van der Waals surface area (Å²) < 4.78 is 0. The molecule has 0 aliphatic rings. The zero-order valence-electron chi connectivity index (χ0n) is 11.1. The SMILES string of the molecule is Cc1ccc(-c2c(O)nc(-c3cc(Cl)cs3)[nH]c2=O)cc1. The Bertz CT molecular complexity index is 853. The zero-order valence-corrected chi connectivity index (χ0v) is 12.6. The molecule has 0 amide bonds. The molecule has 1 aromatic carbocycles. The Morgan fingerprint density at radius 2 is 2.00 bits per heavy atom. The quantitative estimate of drug-likeness (QED) is 0.754. The molecule has 2 N–H and O–H groups in total. The summed E-state index contributed by atoms with van der Waals surface area (Å²) in [6, 6.07) is 9.00. The fourth-order valence-corrected chi connectivity index (χ4v) is 3.01. The molecule has 0 unspecified atom stereocenters. The summed E-state index contributed by atoms with van der Waals surface area (Å²) in [5.41, 5.74) is 1.49. The standard InChI is InChI=1S/C15H11ClN2O2S/c1-8-2-4-9(5-3-8)12-14(19)17-13(18-15(12)20)11-6-10(16)7-21-11/h2-7H,1H3,(H2,17,18,19,20). The number of H-pyrrole nitrogens is 1. The second kappa shape index (κ2) is 5.35. The molecule has 0 atom stereocenters. The van der Waals surface area contributed by atoms with Crippen LogP contribution in [0.5, 0.6) is 5.88 Å². The summed E-state index contributed by atoms with van der Waals surface area (Å²) in [4.78, 5) is 19.7. The summed E-state index contributed by atoms with van der Waals surface area (Å²) in [5.74, 6) is 0.0207. The van der Waals surface area contributed by atoms with Crippen LogP contribution in [0.15, 0.2) is 40.5 Å². The van der Waals surface area contributed by atoms with Crippen LogP contribution in [0.25, 0.3) is 21.8 Å². The Balaban J connectivity index is 2.12. The third kappa shape index (κ3) is 2.70. The van der Waals surface area contributed by atoms with Crippen LogP contribution >= 0.6 is 22.9 Å². The zero-order chi connectivity index (χ0) is 15.0. The van der Waals surface area contributed by atoms with Gasteiger partial charge in [-0.3, -0.25) is 4.79 Å². The van der Waals surface area contributed by atoms with Crippen LogP contribution in [0.3, 0.4) is 0 Å². The van der Waals surface area contributed by atoms with Gasteiger partial charge in [0.05, 0.1) is 9.90 Å². The van der Waals surface area contributed by atoms with Gasteiger partial charge in [-0.1, -0.05) is 41.4 Å². The summed E-state index contributed by atoms with van der Waals surface area (Å²) in [7, 11) is 0. The fraction of sp³-hybridized carbons (Fsp3) is 0.0667. The monoisotopic (exact) mass is 318 g/mol. The van der Waals surface area contributed by atoms with E-state index >= 15 is 0 Å². The van der Waals surface area contributed by atoms with Crippen molar-refractivity contribution in [1.29, 1.82) is 0 Å². The van der Waals surface area contributed by atoms with Crippen molar-refractivity contribution in [3.8, 4) is 27.7 Å². The van der Waals surface area contributed by atoms with Crippen LogP contribution in [-0.4, -0.2) is 15.1 Å². The van der Waals surface area contributed by atoms with E-state index in [0.29, 0.717) is 21.3 Å². The van der Waals surface area contributed by atoms with Crippen molar-refractivity contribution in [3.05, 3.63) is 56.7 Å². The van der Waals surface area contributed by atoms with Crippen LogP contribution < -0.4 is 5.56 Å². The summed E-state index contributed by atoms with van der Waals surface area (Å²) >= 11 is 7.21. The Morgan fingerprint density at radius 1 is 1.29 bits per heavy atom.